The highest BCUT2D eigenvalue weighted by Gasteiger charge is 2.26. The first-order valence-corrected chi connectivity index (χ1v) is 10.4. The Kier molecular flexibility index (Phi) is 6.27. The van der Waals surface area contributed by atoms with Gasteiger partial charge in [0.05, 0.1) is 18.0 Å². The topological polar surface area (TPSA) is 134 Å². The van der Waals surface area contributed by atoms with Gasteiger partial charge in [0.15, 0.2) is 10.1 Å². The maximum Gasteiger partial charge on any atom is 0.332 e. The van der Waals surface area contributed by atoms with E-state index in [2.05, 4.69) is 15.5 Å². The molecule has 158 valence electrons. The van der Waals surface area contributed by atoms with Crippen LogP contribution in [0.3, 0.4) is 0 Å². The van der Waals surface area contributed by atoms with Gasteiger partial charge in [-0.15, -0.1) is 10.2 Å². The molecule has 12 heteroatoms. The predicted octanol–water partition coefficient (Wildman–Crippen LogP) is 1.63. The molecular weight excluding hydrogens is 428 g/mol. The van der Waals surface area contributed by atoms with Gasteiger partial charge >= 0.3 is 5.69 Å². The highest BCUT2D eigenvalue weighted by Crippen LogP contribution is 2.33. The SMILES string of the molecule is COc1ccccc1Nc1nnc(SC(C)C(=O)c2c(N)n(C)c(=O)n(C)c2=O)s1. The molecule has 0 bridgehead atoms. The van der Waals surface area contributed by atoms with Crippen LogP contribution in [0.5, 0.6) is 5.75 Å². The molecule has 1 aromatic carbocycles. The molecule has 2 aromatic heterocycles. The average Bonchev–Trinajstić information content (AvgIpc) is 3.17. The number of ether oxygens (including phenoxy) is 1. The lowest BCUT2D eigenvalue weighted by Gasteiger charge is -2.13. The van der Waals surface area contributed by atoms with E-state index in [9.17, 15) is 14.4 Å². The molecule has 3 rings (SSSR count). The van der Waals surface area contributed by atoms with Crippen LogP contribution in [0.4, 0.5) is 16.6 Å². The number of nitrogens with one attached hydrogen (secondary N) is 1. The summed E-state index contributed by atoms with van der Waals surface area (Å²) in [6.45, 7) is 1.64. The summed E-state index contributed by atoms with van der Waals surface area (Å²) in [5.41, 5.74) is 5.09. The molecule has 2 heterocycles. The van der Waals surface area contributed by atoms with Crippen LogP contribution < -0.4 is 27.0 Å². The summed E-state index contributed by atoms with van der Waals surface area (Å²) in [6, 6.07) is 7.38. The van der Waals surface area contributed by atoms with Crippen molar-refractivity contribution < 1.29 is 9.53 Å². The highest BCUT2D eigenvalue weighted by atomic mass is 32.2. The van der Waals surface area contributed by atoms with Crippen LogP contribution in [0.15, 0.2) is 38.2 Å². The van der Waals surface area contributed by atoms with Crippen LogP contribution in [-0.4, -0.2) is 37.5 Å². The number of ketones is 1. The number of Topliss-reactive ketones (excluding diaryl/α,β-unsaturated/α-hetero) is 1. The number of nitrogen functional groups attached to an aromatic ring is 1. The molecule has 0 aliphatic heterocycles. The fraction of sp³-hybridized carbons (Fsp3) is 0.278. The minimum absolute atomic E-state index is 0.156. The number of hydrogen-bond acceptors (Lipinski definition) is 10. The third kappa shape index (κ3) is 4.09. The van der Waals surface area contributed by atoms with Crippen LogP contribution in [0, 0.1) is 0 Å². The lowest BCUT2D eigenvalue weighted by Crippen LogP contribution is -2.42. The van der Waals surface area contributed by atoms with E-state index in [1.54, 1.807) is 14.0 Å². The first kappa shape index (κ1) is 21.6. The average molecular weight is 449 g/mol. The van der Waals surface area contributed by atoms with Crippen LogP contribution in [0.2, 0.25) is 0 Å². The third-order valence-corrected chi connectivity index (χ3v) is 6.38. The zero-order valence-electron chi connectivity index (χ0n) is 16.7. The van der Waals surface area contributed by atoms with Crippen molar-refractivity contribution in [3.05, 3.63) is 50.7 Å². The summed E-state index contributed by atoms with van der Waals surface area (Å²) in [5, 5.41) is 11.2. The monoisotopic (exact) mass is 448 g/mol. The van der Waals surface area contributed by atoms with Crippen LogP contribution in [0.25, 0.3) is 0 Å². The third-order valence-electron chi connectivity index (χ3n) is 4.36. The number of nitrogens with zero attached hydrogens (tertiary/aromatic N) is 4. The molecule has 0 spiro atoms. The lowest BCUT2D eigenvalue weighted by atomic mass is 10.1. The molecule has 30 heavy (non-hydrogen) atoms. The Labute approximate surface area is 179 Å². The van der Waals surface area contributed by atoms with Crippen LogP contribution in [-0.2, 0) is 14.1 Å². The number of hydrogen-bond donors (Lipinski definition) is 2. The number of methoxy groups -OCH3 is 1. The number of nitrogens with two attached hydrogens (primary N) is 1. The summed E-state index contributed by atoms with van der Waals surface area (Å²) in [4.78, 5) is 37.2. The van der Waals surface area contributed by atoms with E-state index >= 15 is 0 Å². The van der Waals surface area contributed by atoms with E-state index < -0.39 is 22.3 Å². The Morgan fingerprint density at radius 2 is 1.93 bits per heavy atom. The van der Waals surface area contributed by atoms with Crippen molar-refractivity contribution >= 4 is 45.5 Å². The largest absolute Gasteiger partial charge is 0.495 e. The fourth-order valence-corrected chi connectivity index (χ4v) is 4.64. The van der Waals surface area contributed by atoms with Gasteiger partial charge in [-0.05, 0) is 19.1 Å². The number of aromatic nitrogens is 4. The number of para-hydroxylation sites is 2. The number of rotatable bonds is 7. The second-order valence-corrected chi connectivity index (χ2v) is 8.85. The minimum Gasteiger partial charge on any atom is -0.495 e. The van der Waals surface area contributed by atoms with Gasteiger partial charge in [0, 0.05) is 14.1 Å². The second kappa shape index (κ2) is 8.71. The van der Waals surface area contributed by atoms with Crippen molar-refractivity contribution in [2.24, 2.45) is 14.1 Å². The van der Waals surface area contributed by atoms with Gasteiger partial charge in [-0.3, -0.25) is 18.7 Å². The molecule has 0 saturated carbocycles. The number of anilines is 3. The summed E-state index contributed by atoms with van der Waals surface area (Å²) < 4.78 is 7.77. The molecule has 3 aromatic rings. The van der Waals surface area contributed by atoms with Gasteiger partial charge < -0.3 is 15.8 Å². The molecule has 0 amide bonds. The van der Waals surface area contributed by atoms with Crippen molar-refractivity contribution in [2.75, 3.05) is 18.2 Å². The van der Waals surface area contributed by atoms with E-state index in [1.807, 2.05) is 24.3 Å². The predicted molar refractivity (Wildman–Crippen MR) is 117 cm³/mol. The van der Waals surface area contributed by atoms with Crippen molar-refractivity contribution in [3.63, 3.8) is 0 Å². The Bertz CT molecular complexity index is 1220. The Hall–Kier alpha value is -3.12. The van der Waals surface area contributed by atoms with Gasteiger partial charge in [-0.25, -0.2) is 4.79 Å². The summed E-state index contributed by atoms with van der Waals surface area (Å²) in [5.74, 6) is 0.0194. The molecule has 0 aliphatic rings. The summed E-state index contributed by atoms with van der Waals surface area (Å²) >= 11 is 2.41. The Balaban J connectivity index is 1.79. The molecule has 1 unspecified atom stereocenters. The number of carbonyl (C=O) groups excluding carboxylic acids is 1. The summed E-state index contributed by atoms with van der Waals surface area (Å²) in [6.07, 6.45) is 0. The first-order chi connectivity index (χ1) is 14.2. The van der Waals surface area contributed by atoms with Gasteiger partial charge in [0.2, 0.25) is 5.13 Å². The van der Waals surface area contributed by atoms with E-state index in [0.29, 0.717) is 15.2 Å². The summed E-state index contributed by atoms with van der Waals surface area (Å²) in [7, 11) is 4.29. The van der Waals surface area contributed by atoms with Crippen molar-refractivity contribution in [1.29, 1.82) is 0 Å². The first-order valence-electron chi connectivity index (χ1n) is 8.74. The zero-order chi connectivity index (χ0) is 22.0. The quantitative estimate of drug-likeness (QED) is 0.408. The molecule has 0 radical (unpaired) electrons. The van der Waals surface area contributed by atoms with Crippen molar-refractivity contribution in [2.45, 2.75) is 16.5 Å². The number of thioether (sulfide) groups is 1. The second-order valence-electron chi connectivity index (χ2n) is 6.29. The molecule has 0 aliphatic carbocycles. The Morgan fingerprint density at radius 1 is 1.23 bits per heavy atom. The van der Waals surface area contributed by atoms with E-state index in [0.717, 1.165) is 26.6 Å². The molecule has 10 nitrogen and oxygen atoms in total. The zero-order valence-corrected chi connectivity index (χ0v) is 18.3. The maximum atomic E-state index is 12.9. The Morgan fingerprint density at radius 3 is 2.63 bits per heavy atom. The van der Waals surface area contributed by atoms with Gasteiger partial charge in [0.25, 0.3) is 5.56 Å². The number of carbonyl (C=O) groups is 1. The molecule has 0 saturated heterocycles. The molecular formula is C18H20N6O4S2. The van der Waals surface area contributed by atoms with Gasteiger partial charge in [0.1, 0.15) is 17.1 Å². The molecule has 1 atom stereocenters. The van der Waals surface area contributed by atoms with E-state index in [1.165, 1.54) is 25.4 Å². The highest BCUT2D eigenvalue weighted by molar-refractivity contribution is 8.02. The smallest absolute Gasteiger partial charge is 0.332 e. The lowest BCUT2D eigenvalue weighted by molar-refractivity contribution is 0.0992. The van der Waals surface area contributed by atoms with Crippen LogP contribution in [0.1, 0.15) is 17.3 Å². The molecule has 0 fully saturated rings. The van der Waals surface area contributed by atoms with E-state index in [-0.39, 0.29) is 11.4 Å². The van der Waals surface area contributed by atoms with Crippen molar-refractivity contribution in [3.8, 4) is 5.75 Å². The van der Waals surface area contributed by atoms with Gasteiger partial charge in [-0.1, -0.05) is 35.2 Å². The normalized spacial score (nSPS) is 11.9. The van der Waals surface area contributed by atoms with Crippen LogP contribution >= 0.6 is 23.1 Å². The minimum atomic E-state index is -0.719. The maximum absolute atomic E-state index is 12.9. The number of benzene rings is 1. The van der Waals surface area contributed by atoms with E-state index in [4.69, 9.17) is 10.5 Å². The molecule has 3 N–H and O–H groups in total. The van der Waals surface area contributed by atoms with Crippen molar-refractivity contribution in [1.82, 2.24) is 19.3 Å². The standard InChI is InChI=1S/C18H20N6O4S2/c1-9(13(25)12-14(19)23(2)18(27)24(3)15(12)26)29-17-22-21-16(30-17)20-10-7-5-6-8-11(10)28-4/h5-9H,19H2,1-4H3,(H,20,21). The van der Waals surface area contributed by atoms with Gasteiger partial charge in [-0.2, -0.15) is 0 Å². The fourth-order valence-electron chi connectivity index (χ4n) is 2.67.